The Kier molecular flexibility index (Phi) is 9.93. The highest BCUT2D eigenvalue weighted by molar-refractivity contribution is 5.76. The third-order valence-corrected chi connectivity index (χ3v) is 4.37. The predicted octanol–water partition coefficient (Wildman–Crippen LogP) is 2.85. The van der Waals surface area contributed by atoms with Crippen molar-refractivity contribution in [3.8, 4) is 0 Å². The van der Waals surface area contributed by atoms with E-state index < -0.39 is 23.8 Å². The van der Waals surface area contributed by atoms with Gasteiger partial charge in [-0.15, -0.1) is 0 Å². The molecule has 0 aromatic heterocycles. The van der Waals surface area contributed by atoms with E-state index in [0.29, 0.717) is 18.4 Å². The van der Waals surface area contributed by atoms with E-state index in [1.807, 2.05) is 13.8 Å². The van der Waals surface area contributed by atoms with Crippen LogP contribution in [0.25, 0.3) is 0 Å². The van der Waals surface area contributed by atoms with Crippen molar-refractivity contribution in [1.82, 2.24) is 10.6 Å². The van der Waals surface area contributed by atoms with Crippen LogP contribution in [0, 0.1) is 11.6 Å². The number of amides is 2. The van der Waals surface area contributed by atoms with Crippen molar-refractivity contribution in [3.05, 3.63) is 35.4 Å². The molecule has 2 amide bonds. The quantitative estimate of drug-likeness (QED) is 0.549. The summed E-state index contributed by atoms with van der Waals surface area (Å²) in [7, 11) is 0. The first-order valence-corrected chi connectivity index (χ1v) is 9.44. The second kappa shape index (κ2) is 11.6. The number of halogens is 2. The molecular weight excluding hydrogens is 354 g/mol. The van der Waals surface area contributed by atoms with Gasteiger partial charge in [-0.1, -0.05) is 20.3 Å². The summed E-state index contributed by atoms with van der Waals surface area (Å²) < 4.78 is 26.8. The lowest BCUT2D eigenvalue weighted by Crippen LogP contribution is -2.47. The van der Waals surface area contributed by atoms with Crippen molar-refractivity contribution in [1.29, 1.82) is 0 Å². The molecule has 0 radical (unpaired) electrons. The molecule has 152 valence electrons. The molecule has 1 aromatic carbocycles. The van der Waals surface area contributed by atoms with Gasteiger partial charge in [0.05, 0.1) is 12.1 Å². The molecule has 0 aliphatic heterocycles. The number of carbonyl (C=O) groups is 2. The van der Waals surface area contributed by atoms with E-state index in [9.17, 15) is 23.5 Å². The number of benzene rings is 1. The fraction of sp³-hybridized carbons (Fsp3) is 0.600. The number of aliphatic hydroxyl groups excluding tert-OH is 1. The number of nitrogens with one attached hydrogen (secondary N) is 2. The Balaban J connectivity index is 2.79. The molecule has 0 saturated carbocycles. The van der Waals surface area contributed by atoms with E-state index in [1.165, 1.54) is 19.1 Å². The second-order valence-electron chi connectivity index (χ2n) is 6.87. The lowest BCUT2D eigenvalue weighted by Gasteiger charge is -2.27. The van der Waals surface area contributed by atoms with Crippen molar-refractivity contribution in [2.75, 3.05) is 0 Å². The first kappa shape index (κ1) is 23.0. The van der Waals surface area contributed by atoms with Crippen molar-refractivity contribution in [3.63, 3.8) is 0 Å². The molecule has 0 saturated heterocycles. The zero-order valence-electron chi connectivity index (χ0n) is 16.2. The molecule has 1 aromatic rings. The van der Waals surface area contributed by atoms with Gasteiger partial charge in [0.2, 0.25) is 11.8 Å². The fourth-order valence-electron chi connectivity index (χ4n) is 2.95. The van der Waals surface area contributed by atoms with Crippen LogP contribution in [-0.2, 0) is 16.0 Å². The third-order valence-electron chi connectivity index (χ3n) is 4.37. The monoisotopic (exact) mass is 384 g/mol. The van der Waals surface area contributed by atoms with E-state index in [0.717, 1.165) is 18.9 Å². The Bertz CT molecular complexity index is 605. The lowest BCUT2D eigenvalue weighted by molar-refractivity contribution is -0.123. The summed E-state index contributed by atoms with van der Waals surface area (Å²) in [5.41, 5.74) is 0.338. The smallest absolute Gasteiger partial charge is 0.220 e. The lowest BCUT2D eigenvalue weighted by atomic mass is 9.95. The Labute approximate surface area is 159 Å². The van der Waals surface area contributed by atoms with Gasteiger partial charge >= 0.3 is 0 Å². The van der Waals surface area contributed by atoms with Crippen LogP contribution >= 0.6 is 0 Å². The minimum absolute atomic E-state index is 0.0702. The molecule has 0 spiro atoms. The fourth-order valence-corrected chi connectivity index (χ4v) is 2.95. The SMILES string of the molecule is CCCCC(=O)NC(CC)C[C@H](O)[C@H](Cc1cc(F)cc(F)c1)NC(C)=O. The summed E-state index contributed by atoms with van der Waals surface area (Å²) in [5, 5.41) is 16.1. The maximum Gasteiger partial charge on any atom is 0.220 e. The first-order valence-electron chi connectivity index (χ1n) is 9.44. The van der Waals surface area contributed by atoms with Gasteiger partial charge in [0.15, 0.2) is 0 Å². The van der Waals surface area contributed by atoms with Crippen LogP contribution < -0.4 is 10.6 Å². The molecule has 1 rings (SSSR count). The maximum absolute atomic E-state index is 13.4. The highest BCUT2D eigenvalue weighted by Crippen LogP contribution is 2.15. The summed E-state index contributed by atoms with van der Waals surface area (Å²) in [6, 6.07) is 2.16. The molecule has 0 bridgehead atoms. The zero-order valence-corrected chi connectivity index (χ0v) is 16.2. The molecule has 1 unspecified atom stereocenters. The van der Waals surface area contributed by atoms with Crippen molar-refractivity contribution in [2.45, 2.75) is 77.5 Å². The van der Waals surface area contributed by atoms with Crippen LogP contribution in [-0.4, -0.2) is 35.1 Å². The van der Waals surface area contributed by atoms with Gasteiger partial charge in [-0.2, -0.15) is 0 Å². The normalized spacial score (nSPS) is 14.3. The summed E-state index contributed by atoms with van der Waals surface area (Å²) in [6.07, 6.45) is 2.10. The molecule has 5 nitrogen and oxygen atoms in total. The molecule has 7 heteroatoms. The van der Waals surface area contributed by atoms with Crippen LogP contribution in [0.4, 0.5) is 8.78 Å². The van der Waals surface area contributed by atoms with E-state index in [4.69, 9.17) is 0 Å². The van der Waals surface area contributed by atoms with E-state index in [1.54, 1.807) is 0 Å². The number of hydrogen-bond acceptors (Lipinski definition) is 3. The van der Waals surface area contributed by atoms with Gasteiger partial charge in [0.1, 0.15) is 11.6 Å². The summed E-state index contributed by atoms with van der Waals surface area (Å²) in [6.45, 7) is 5.21. The first-order chi connectivity index (χ1) is 12.7. The summed E-state index contributed by atoms with van der Waals surface area (Å²) >= 11 is 0. The zero-order chi connectivity index (χ0) is 20.4. The largest absolute Gasteiger partial charge is 0.391 e. The standard InChI is InChI=1S/C20H30F2N2O3/c1-4-6-7-20(27)24-17(5-2)12-19(26)18(23-13(3)25)10-14-8-15(21)11-16(22)9-14/h8-9,11,17-19,26H,4-7,10,12H2,1-3H3,(H,23,25)(H,24,27)/t17?,18-,19-/m0/s1. The second-order valence-corrected chi connectivity index (χ2v) is 6.87. The number of rotatable bonds is 11. The van der Waals surface area contributed by atoms with Crippen molar-refractivity contribution in [2.24, 2.45) is 0 Å². The van der Waals surface area contributed by atoms with Crippen molar-refractivity contribution < 1.29 is 23.5 Å². The topological polar surface area (TPSA) is 78.4 Å². The average molecular weight is 384 g/mol. The van der Waals surface area contributed by atoms with Gasteiger partial charge in [0, 0.05) is 25.5 Å². The van der Waals surface area contributed by atoms with Crippen LogP contribution in [0.3, 0.4) is 0 Å². The molecule has 0 aliphatic rings. The molecule has 0 heterocycles. The predicted molar refractivity (Wildman–Crippen MR) is 100 cm³/mol. The van der Waals surface area contributed by atoms with Crippen LogP contribution in [0.15, 0.2) is 18.2 Å². The molecule has 0 fully saturated rings. The van der Waals surface area contributed by atoms with E-state index in [-0.39, 0.29) is 30.7 Å². The highest BCUT2D eigenvalue weighted by Gasteiger charge is 2.24. The molecule has 0 aliphatic carbocycles. The van der Waals surface area contributed by atoms with Crippen LogP contribution in [0.1, 0.15) is 58.4 Å². The number of aliphatic hydroxyl groups is 1. The Morgan fingerprint density at radius 2 is 1.74 bits per heavy atom. The Morgan fingerprint density at radius 3 is 2.26 bits per heavy atom. The minimum Gasteiger partial charge on any atom is -0.391 e. The van der Waals surface area contributed by atoms with Gasteiger partial charge < -0.3 is 15.7 Å². The maximum atomic E-state index is 13.4. The van der Waals surface area contributed by atoms with Crippen molar-refractivity contribution >= 4 is 11.8 Å². The average Bonchev–Trinajstić information content (AvgIpc) is 2.57. The molecule has 27 heavy (non-hydrogen) atoms. The molecule has 3 atom stereocenters. The number of hydrogen-bond donors (Lipinski definition) is 3. The van der Waals surface area contributed by atoms with Gasteiger partial charge in [0.25, 0.3) is 0 Å². The number of unbranched alkanes of at least 4 members (excludes halogenated alkanes) is 1. The van der Waals surface area contributed by atoms with E-state index >= 15 is 0 Å². The Morgan fingerprint density at radius 1 is 1.11 bits per heavy atom. The minimum atomic E-state index is -0.975. The van der Waals surface area contributed by atoms with Gasteiger partial charge in [-0.25, -0.2) is 8.78 Å². The van der Waals surface area contributed by atoms with Crippen LogP contribution in [0.5, 0.6) is 0 Å². The van der Waals surface area contributed by atoms with E-state index in [2.05, 4.69) is 10.6 Å². The number of carbonyl (C=O) groups excluding carboxylic acids is 2. The van der Waals surface area contributed by atoms with Gasteiger partial charge in [-0.3, -0.25) is 9.59 Å². The Hall–Kier alpha value is -2.02. The summed E-state index contributed by atoms with van der Waals surface area (Å²) in [5.74, 6) is -1.85. The summed E-state index contributed by atoms with van der Waals surface area (Å²) in [4.78, 5) is 23.4. The molecular formula is C20H30F2N2O3. The van der Waals surface area contributed by atoms with Gasteiger partial charge in [-0.05, 0) is 43.4 Å². The third kappa shape index (κ3) is 8.95. The molecule has 3 N–H and O–H groups in total. The highest BCUT2D eigenvalue weighted by atomic mass is 19.1. The van der Waals surface area contributed by atoms with Crippen LogP contribution in [0.2, 0.25) is 0 Å².